The number of carbonyl (C=O) groups is 1. The number of fused-ring (bicyclic) bond motifs is 1. The Morgan fingerprint density at radius 2 is 1.81 bits per heavy atom. The summed E-state index contributed by atoms with van der Waals surface area (Å²) in [6.07, 6.45) is 0.148. The maximum absolute atomic E-state index is 12.4. The van der Waals surface area contributed by atoms with Crippen molar-refractivity contribution < 1.29 is 18.3 Å². The minimum atomic E-state index is -3.90. The van der Waals surface area contributed by atoms with Crippen molar-refractivity contribution in [3.63, 3.8) is 0 Å². The number of sulfonamides is 1. The molecular formula is C15H17NO4S. The van der Waals surface area contributed by atoms with Crippen molar-refractivity contribution in [3.05, 3.63) is 42.5 Å². The number of aliphatic carboxylic acids is 1. The molecule has 0 heterocycles. The van der Waals surface area contributed by atoms with Gasteiger partial charge in [0.25, 0.3) is 0 Å². The SMILES string of the molecule is CCC(C)(NS(=O)(=O)c1ccc2ccccc2c1)C(=O)O. The van der Waals surface area contributed by atoms with Gasteiger partial charge in [-0.1, -0.05) is 37.3 Å². The van der Waals surface area contributed by atoms with Crippen LogP contribution in [0.4, 0.5) is 0 Å². The topological polar surface area (TPSA) is 83.5 Å². The van der Waals surface area contributed by atoms with Crippen LogP contribution in [-0.4, -0.2) is 25.0 Å². The zero-order valence-corrected chi connectivity index (χ0v) is 12.6. The van der Waals surface area contributed by atoms with Crippen LogP contribution >= 0.6 is 0 Å². The lowest BCUT2D eigenvalue weighted by Crippen LogP contribution is -2.51. The van der Waals surface area contributed by atoms with Gasteiger partial charge in [-0.2, -0.15) is 4.72 Å². The molecule has 0 amide bonds. The van der Waals surface area contributed by atoms with Crippen molar-refractivity contribution in [2.24, 2.45) is 0 Å². The standard InChI is InChI=1S/C15H17NO4S/c1-3-15(2,14(17)18)16-21(19,20)13-9-8-11-6-4-5-7-12(11)10-13/h4-10,16H,3H2,1-2H3,(H,17,18). The molecule has 0 aliphatic rings. The van der Waals surface area contributed by atoms with Gasteiger partial charge in [-0.15, -0.1) is 0 Å². The summed E-state index contributed by atoms with van der Waals surface area (Å²) in [4.78, 5) is 11.3. The third-order valence-electron chi connectivity index (χ3n) is 3.57. The van der Waals surface area contributed by atoms with Gasteiger partial charge in [0.05, 0.1) is 4.90 Å². The van der Waals surface area contributed by atoms with Gasteiger partial charge in [0.1, 0.15) is 5.54 Å². The first-order valence-corrected chi connectivity index (χ1v) is 8.03. The normalized spacial score (nSPS) is 14.8. The van der Waals surface area contributed by atoms with Gasteiger partial charge in [-0.3, -0.25) is 4.79 Å². The second-order valence-electron chi connectivity index (χ2n) is 5.11. The molecule has 0 aromatic heterocycles. The second kappa shape index (κ2) is 5.46. The number of rotatable bonds is 5. The quantitative estimate of drug-likeness (QED) is 0.888. The second-order valence-corrected chi connectivity index (χ2v) is 6.79. The maximum atomic E-state index is 12.4. The molecule has 2 aromatic rings. The van der Waals surface area contributed by atoms with E-state index < -0.39 is 21.5 Å². The molecule has 0 aliphatic carbocycles. The monoisotopic (exact) mass is 307 g/mol. The Morgan fingerprint density at radius 3 is 2.38 bits per heavy atom. The van der Waals surface area contributed by atoms with E-state index >= 15 is 0 Å². The summed E-state index contributed by atoms with van der Waals surface area (Å²) in [5, 5.41) is 10.9. The van der Waals surface area contributed by atoms with E-state index in [9.17, 15) is 18.3 Å². The summed E-state index contributed by atoms with van der Waals surface area (Å²) in [5.41, 5.74) is -1.52. The average molecular weight is 307 g/mol. The average Bonchev–Trinajstić information content (AvgIpc) is 2.46. The number of hydrogen-bond donors (Lipinski definition) is 2. The predicted molar refractivity (Wildman–Crippen MR) is 80.6 cm³/mol. The largest absolute Gasteiger partial charge is 0.480 e. The Morgan fingerprint density at radius 1 is 1.19 bits per heavy atom. The number of benzene rings is 2. The first-order valence-electron chi connectivity index (χ1n) is 6.55. The summed E-state index contributed by atoms with van der Waals surface area (Å²) in [7, 11) is -3.90. The molecule has 0 spiro atoms. The zero-order chi connectivity index (χ0) is 15.7. The van der Waals surface area contributed by atoms with Crippen LogP contribution in [0.1, 0.15) is 20.3 Å². The number of carboxylic acid groups (broad SMARTS) is 1. The first-order chi connectivity index (χ1) is 9.78. The molecule has 0 saturated carbocycles. The fourth-order valence-electron chi connectivity index (χ4n) is 1.96. The molecule has 0 aliphatic heterocycles. The molecule has 112 valence electrons. The fourth-order valence-corrected chi connectivity index (χ4v) is 3.43. The van der Waals surface area contributed by atoms with E-state index in [2.05, 4.69) is 4.72 Å². The van der Waals surface area contributed by atoms with Crippen molar-refractivity contribution in [1.29, 1.82) is 0 Å². The smallest absolute Gasteiger partial charge is 0.324 e. The summed E-state index contributed by atoms with van der Waals surface area (Å²) in [5.74, 6) is -1.20. The molecular weight excluding hydrogens is 290 g/mol. The molecule has 0 radical (unpaired) electrons. The van der Waals surface area contributed by atoms with E-state index in [-0.39, 0.29) is 11.3 Å². The van der Waals surface area contributed by atoms with Crippen molar-refractivity contribution in [3.8, 4) is 0 Å². The van der Waals surface area contributed by atoms with Gasteiger partial charge in [-0.25, -0.2) is 8.42 Å². The van der Waals surface area contributed by atoms with Crippen molar-refractivity contribution in [2.45, 2.75) is 30.7 Å². The van der Waals surface area contributed by atoms with Gasteiger partial charge in [0.2, 0.25) is 10.0 Å². The van der Waals surface area contributed by atoms with E-state index in [0.29, 0.717) is 0 Å². The highest BCUT2D eigenvalue weighted by Gasteiger charge is 2.36. The van der Waals surface area contributed by atoms with Gasteiger partial charge in [0.15, 0.2) is 0 Å². The van der Waals surface area contributed by atoms with Gasteiger partial charge in [-0.05, 0) is 36.2 Å². The minimum absolute atomic E-state index is 0.0575. The van der Waals surface area contributed by atoms with E-state index in [1.807, 2.05) is 24.3 Å². The Balaban J connectivity index is 2.44. The van der Waals surface area contributed by atoms with Gasteiger partial charge < -0.3 is 5.11 Å². The van der Waals surface area contributed by atoms with Crippen molar-refractivity contribution >= 4 is 26.8 Å². The highest BCUT2D eigenvalue weighted by molar-refractivity contribution is 7.89. The molecule has 0 saturated heterocycles. The molecule has 21 heavy (non-hydrogen) atoms. The van der Waals surface area contributed by atoms with Crippen LogP contribution in [0.2, 0.25) is 0 Å². The summed E-state index contributed by atoms with van der Waals surface area (Å²) >= 11 is 0. The molecule has 5 nitrogen and oxygen atoms in total. The third-order valence-corrected chi connectivity index (χ3v) is 5.16. The zero-order valence-electron chi connectivity index (χ0n) is 11.8. The number of nitrogens with one attached hydrogen (secondary N) is 1. The molecule has 1 unspecified atom stereocenters. The minimum Gasteiger partial charge on any atom is -0.480 e. The van der Waals surface area contributed by atoms with E-state index in [4.69, 9.17) is 0 Å². The van der Waals surface area contributed by atoms with Gasteiger partial charge in [0, 0.05) is 0 Å². The Bertz CT molecular complexity index is 785. The number of carboxylic acids is 1. The molecule has 0 fully saturated rings. The van der Waals surface area contributed by atoms with Crippen LogP contribution in [0, 0.1) is 0 Å². The van der Waals surface area contributed by atoms with Crippen LogP contribution in [-0.2, 0) is 14.8 Å². The van der Waals surface area contributed by atoms with Crippen LogP contribution in [0.3, 0.4) is 0 Å². The first kappa shape index (κ1) is 15.5. The summed E-state index contributed by atoms with van der Waals surface area (Å²) in [6.45, 7) is 2.98. The highest BCUT2D eigenvalue weighted by atomic mass is 32.2. The van der Waals surface area contributed by atoms with Crippen molar-refractivity contribution in [2.75, 3.05) is 0 Å². The summed E-state index contributed by atoms with van der Waals surface area (Å²) < 4.78 is 27.0. The van der Waals surface area contributed by atoms with Gasteiger partial charge >= 0.3 is 5.97 Å². The van der Waals surface area contributed by atoms with E-state index in [0.717, 1.165) is 10.8 Å². The third kappa shape index (κ3) is 3.06. The van der Waals surface area contributed by atoms with Crippen LogP contribution in [0.15, 0.2) is 47.4 Å². The lowest BCUT2D eigenvalue weighted by Gasteiger charge is -2.24. The molecule has 2 rings (SSSR count). The molecule has 2 aromatic carbocycles. The van der Waals surface area contributed by atoms with E-state index in [1.165, 1.54) is 19.1 Å². The Hall–Kier alpha value is -1.92. The Kier molecular flexibility index (Phi) is 4.02. The predicted octanol–water partition coefficient (Wildman–Crippen LogP) is 2.37. The van der Waals surface area contributed by atoms with Crippen LogP contribution in [0.25, 0.3) is 10.8 Å². The lowest BCUT2D eigenvalue weighted by molar-refractivity contribution is -0.143. The van der Waals surface area contributed by atoms with Crippen molar-refractivity contribution in [1.82, 2.24) is 4.72 Å². The van der Waals surface area contributed by atoms with Crippen LogP contribution in [0.5, 0.6) is 0 Å². The molecule has 0 bridgehead atoms. The maximum Gasteiger partial charge on any atom is 0.324 e. The van der Waals surface area contributed by atoms with Crippen LogP contribution < -0.4 is 4.72 Å². The lowest BCUT2D eigenvalue weighted by atomic mass is 10.0. The summed E-state index contributed by atoms with van der Waals surface area (Å²) in [6, 6.07) is 12.1. The Labute approximate surface area is 123 Å². The van der Waals surface area contributed by atoms with E-state index in [1.54, 1.807) is 13.0 Å². The molecule has 6 heteroatoms. The highest BCUT2D eigenvalue weighted by Crippen LogP contribution is 2.21. The number of hydrogen-bond acceptors (Lipinski definition) is 3. The molecule has 2 N–H and O–H groups in total. The molecule has 1 atom stereocenters. The fraction of sp³-hybridized carbons (Fsp3) is 0.267.